The van der Waals surface area contributed by atoms with Gasteiger partial charge in [0.2, 0.25) is 0 Å². The molecule has 0 radical (unpaired) electrons. The van der Waals surface area contributed by atoms with Crippen LogP contribution in [0.4, 0.5) is 35.1 Å². The summed E-state index contributed by atoms with van der Waals surface area (Å²) in [4.78, 5) is 16.4. The van der Waals surface area contributed by atoms with E-state index in [1.54, 1.807) is 0 Å². The lowest BCUT2D eigenvalue weighted by Gasteiger charge is -2.27. The van der Waals surface area contributed by atoms with E-state index in [-0.39, 0.29) is 34.4 Å². The summed E-state index contributed by atoms with van der Waals surface area (Å²) in [6.07, 6.45) is -9.18. The number of ether oxygens (including phenoxy) is 1. The molecule has 1 fully saturated rings. The number of carbonyl (C=O) groups is 1. The van der Waals surface area contributed by atoms with Crippen molar-refractivity contribution in [3.05, 3.63) is 28.7 Å². The van der Waals surface area contributed by atoms with E-state index in [9.17, 15) is 48.3 Å². The standard InChI is InChI=1S/C23H25ClF8N4O4S/c1-36-19(17(24)18(35-36)20(37)34-9-11-3-5-13(6-4-11)41(2,38)39)14-10-33-12(7-15(14)40-21(25)26)8-16(22(27,28)29)23(30,31)32/h7,10-11,13,16,21H,3-6,8-9H2,1-2H3,(H,34,37). The quantitative estimate of drug-likeness (QED) is 0.371. The molecule has 1 saturated carbocycles. The van der Waals surface area contributed by atoms with Crippen molar-refractivity contribution in [1.29, 1.82) is 0 Å². The zero-order valence-electron chi connectivity index (χ0n) is 21.5. The largest absolute Gasteiger partial charge is 0.434 e. The zero-order valence-corrected chi connectivity index (χ0v) is 23.1. The number of nitrogens with one attached hydrogen (secondary N) is 1. The van der Waals surface area contributed by atoms with E-state index >= 15 is 0 Å². The van der Waals surface area contributed by atoms with Gasteiger partial charge in [-0.2, -0.15) is 40.2 Å². The van der Waals surface area contributed by atoms with Crippen LogP contribution in [-0.2, 0) is 23.3 Å². The van der Waals surface area contributed by atoms with Crippen LogP contribution in [0.5, 0.6) is 5.75 Å². The second kappa shape index (κ2) is 12.3. The van der Waals surface area contributed by atoms with Gasteiger partial charge >= 0.3 is 19.0 Å². The smallest absolute Gasteiger partial charge is 0.400 e. The van der Waals surface area contributed by atoms with E-state index in [4.69, 9.17) is 11.6 Å². The summed E-state index contributed by atoms with van der Waals surface area (Å²) < 4.78 is 133. The molecular formula is C23H25ClF8N4O4S. The molecule has 41 heavy (non-hydrogen) atoms. The molecule has 0 unspecified atom stereocenters. The van der Waals surface area contributed by atoms with Gasteiger partial charge in [0.05, 0.1) is 21.5 Å². The molecule has 2 aromatic heterocycles. The summed E-state index contributed by atoms with van der Waals surface area (Å²) in [5.74, 6) is -5.39. The molecular weight excluding hydrogens is 616 g/mol. The van der Waals surface area contributed by atoms with Gasteiger partial charge in [-0.1, -0.05) is 11.6 Å². The van der Waals surface area contributed by atoms with Crippen LogP contribution in [0.3, 0.4) is 0 Å². The monoisotopic (exact) mass is 640 g/mol. The van der Waals surface area contributed by atoms with Crippen molar-refractivity contribution in [3.8, 4) is 17.0 Å². The summed E-state index contributed by atoms with van der Waals surface area (Å²) in [5, 5.41) is 5.80. The number of halogens is 9. The highest BCUT2D eigenvalue weighted by Crippen LogP contribution is 2.42. The number of aromatic nitrogens is 3. The minimum atomic E-state index is -5.68. The summed E-state index contributed by atoms with van der Waals surface area (Å²) >= 11 is 6.32. The van der Waals surface area contributed by atoms with Crippen molar-refractivity contribution in [2.45, 2.75) is 56.3 Å². The number of pyridine rings is 1. The summed E-state index contributed by atoms with van der Waals surface area (Å²) in [6, 6.07) is 0.516. The average Bonchev–Trinajstić information content (AvgIpc) is 3.13. The zero-order chi connectivity index (χ0) is 30.9. The van der Waals surface area contributed by atoms with Crippen LogP contribution >= 0.6 is 11.6 Å². The number of sulfone groups is 1. The fraction of sp³-hybridized carbons (Fsp3) is 0.609. The maximum absolute atomic E-state index is 13.1. The molecule has 0 atom stereocenters. The number of amides is 1. The summed E-state index contributed by atoms with van der Waals surface area (Å²) in [7, 11) is -1.90. The molecule has 0 bridgehead atoms. The van der Waals surface area contributed by atoms with Crippen LogP contribution < -0.4 is 10.1 Å². The molecule has 1 aliphatic rings. The van der Waals surface area contributed by atoms with Gasteiger partial charge in [0.25, 0.3) is 5.91 Å². The fourth-order valence-corrected chi connectivity index (χ4v) is 6.08. The molecule has 230 valence electrons. The average molecular weight is 641 g/mol. The van der Waals surface area contributed by atoms with E-state index < -0.39 is 63.7 Å². The highest BCUT2D eigenvalue weighted by molar-refractivity contribution is 7.91. The Balaban J connectivity index is 1.84. The number of rotatable bonds is 9. The molecule has 0 aliphatic heterocycles. The van der Waals surface area contributed by atoms with Crippen molar-refractivity contribution in [1.82, 2.24) is 20.1 Å². The first-order valence-corrected chi connectivity index (χ1v) is 14.4. The highest BCUT2D eigenvalue weighted by atomic mass is 35.5. The third-order valence-electron chi connectivity index (χ3n) is 6.75. The van der Waals surface area contributed by atoms with Crippen LogP contribution in [0.15, 0.2) is 12.3 Å². The van der Waals surface area contributed by atoms with Gasteiger partial charge in [-0.25, -0.2) is 8.42 Å². The third kappa shape index (κ3) is 8.20. The van der Waals surface area contributed by atoms with Gasteiger partial charge in [-0.3, -0.25) is 14.5 Å². The van der Waals surface area contributed by atoms with Gasteiger partial charge in [0.15, 0.2) is 11.6 Å². The predicted molar refractivity (Wildman–Crippen MR) is 130 cm³/mol. The third-order valence-corrected chi connectivity index (χ3v) is 8.79. The minimum Gasteiger partial charge on any atom is -0.434 e. The number of nitrogens with zero attached hydrogens (tertiary/aromatic N) is 3. The lowest BCUT2D eigenvalue weighted by atomic mass is 9.89. The topological polar surface area (TPSA) is 103 Å². The summed E-state index contributed by atoms with van der Waals surface area (Å²) in [5.41, 5.74) is -1.73. The molecule has 1 N–H and O–H groups in total. The maximum Gasteiger partial charge on any atom is 0.400 e. The predicted octanol–water partition coefficient (Wildman–Crippen LogP) is 5.35. The van der Waals surface area contributed by atoms with Crippen molar-refractivity contribution >= 4 is 27.3 Å². The van der Waals surface area contributed by atoms with E-state index in [0.29, 0.717) is 37.9 Å². The van der Waals surface area contributed by atoms with Crippen LogP contribution in [-0.4, -0.2) is 66.1 Å². The normalized spacial score (nSPS) is 18.7. The van der Waals surface area contributed by atoms with Crippen LogP contribution in [0.25, 0.3) is 11.3 Å². The Morgan fingerprint density at radius 1 is 1.15 bits per heavy atom. The van der Waals surface area contributed by atoms with E-state index in [1.807, 2.05) is 0 Å². The Bertz CT molecular complexity index is 1340. The number of aryl methyl sites for hydroxylation is 1. The second-order valence-electron chi connectivity index (χ2n) is 9.71. The first-order valence-electron chi connectivity index (χ1n) is 12.1. The SMILES string of the molecule is Cn1nc(C(=O)NCC2CCC(S(C)(=O)=O)CC2)c(Cl)c1-c1cnc(CC(C(F)(F)F)C(F)(F)F)cc1OC(F)F. The molecule has 1 aliphatic carbocycles. The van der Waals surface area contributed by atoms with Gasteiger partial charge < -0.3 is 10.1 Å². The first-order chi connectivity index (χ1) is 18.8. The van der Waals surface area contributed by atoms with Gasteiger partial charge in [0.1, 0.15) is 15.6 Å². The van der Waals surface area contributed by atoms with E-state index in [1.165, 1.54) is 13.3 Å². The van der Waals surface area contributed by atoms with Gasteiger partial charge in [0, 0.05) is 44.2 Å². The highest BCUT2D eigenvalue weighted by Gasteiger charge is 2.56. The molecule has 2 aromatic rings. The van der Waals surface area contributed by atoms with Crippen molar-refractivity contribution in [2.75, 3.05) is 12.8 Å². The van der Waals surface area contributed by atoms with E-state index in [2.05, 4.69) is 20.1 Å². The molecule has 1 amide bonds. The van der Waals surface area contributed by atoms with Crippen molar-refractivity contribution < 1.29 is 53.1 Å². The number of hydrogen-bond acceptors (Lipinski definition) is 6. The number of alkyl halides is 8. The van der Waals surface area contributed by atoms with Crippen LogP contribution in [0.2, 0.25) is 5.02 Å². The molecule has 0 spiro atoms. The Kier molecular flexibility index (Phi) is 9.82. The van der Waals surface area contributed by atoms with Crippen LogP contribution in [0.1, 0.15) is 41.9 Å². The second-order valence-corrected chi connectivity index (χ2v) is 12.4. The minimum absolute atomic E-state index is 0.0149. The molecule has 8 nitrogen and oxygen atoms in total. The fourth-order valence-electron chi connectivity index (χ4n) is 4.61. The Labute approximate surface area is 234 Å². The molecule has 3 rings (SSSR count). The number of carbonyl (C=O) groups excluding carboxylic acids is 1. The Hall–Kier alpha value is -2.69. The molecule has 18 heteroatoms. The Morgan fingerprint density at radius 2 is 1.73 bits per heavy atom. The lowest BCUT2D eigenvalue weighted by molar-refractivity contribution is -0.283. The van der Waals surface area contributed by atoms with Crippen molar-refractivity contribution in [3.63, 3.8) is 0 Å². The van der Waals surface area contributed by atoms with Gasteiger partial charge in [-0.05, 0) is 31.6 Å². The van der Waals surface area contributed by atoms with Crippen LogP contribution in [0, 0.1) is 11.8 Å². The maximum atomic E-state index is 13.1. The lowest BCUT2D eigenvalue weighted by Crippen LogP contribution is -2.38. The number of hydrogen-bond donors (Lipinski definition) is 1. The molecule has 0 aromatic carbocycles. The Morgan fingerprint density at radius 3 is 2.24 bits per heavy atom. The van der Waals surface area contributed by atoms with Gasteiger partial charge in [-0.15, -0.1) is 0 Å². The molecule has 2 heterocycles. The van der Waals surface area contributed by atoms with E-state index in [0.717, 1.165) is 4.68 Å². The summed E-state index contributed by atoms with van der Waals surface area (Å²) in [6.45, 7) is -3.34. The first kappa shape index (κ1) is 32.8. The van der Waals surface area contributed by atoms with Crippen molar-refractivity contribution in [2.24, 2.45) is 18.9 Å². The molecule has 0 saturated heterocycles.